The van der Waals surface area contributed by atoms with E-state index < -0.39 is 11.9 Å². The average Bonchev–Trinajstić information content (AvgIpc) is 2.96. The first-order valence-corrected chi connectivity index (χ1v) is 12.6. The van der Waals surface area contributed by atoms with Crippen molar-refractivity contribution in [1.82, 2.24) is 0 Å². The second kappa shape index (κ2) is 11.6. The number of nitrogens with zero attached hydrogens (tertiary/aromatic N) is 1. The Morgan fingerprint density at radius 2 is 1.77 bits per heavy atom. The van der Waals surface area contributed by atoms with Gasteiger partial charge >= 0.3 is 5.97 Å². The number of esters is 1. The van der Waals surface area contributed by atoms with Gasteiger partial charge in [0, 0.05) is 17.2 Å². The van der Waals surface area contributed by atoms with Crippen molar-refractivity contribution in [1.29, 1.82) is 5.26 Å². The number of hydrogen-bond donors (Lipinski definition) is 1. The molecule has 5 rings (SSSR count). The van der Waals surface area contributed by atoms with Gasteiger partial charge in [-0.1, -0.05) is 48.5 Å². The second-order valence-electron chi connectivity index (χ2n) is 8.90. The van der Waals surface area contributed by atoms with Crippen LogP contribution in [0.15, 0.2) is 102 Å². The van der Waals surface area contributed by atoms with Gasteiger partial charge in [-0.2, -0.15) is 5.26 Å². The maximum Gasteiger partial charge on any atom is 0.347 e. The third-order valence-electron chi connectivity index (χ3n) is 6.35. The van der Waals surface area contributed by atoms with Gasteiger partial charge in [0.1, 0.15) is 52.6 Å². The number of ether oxygens (including phenoxy) is 4. The number of carbonyl (C=O) groups is 1. The smallest absolute Gasteiger partial charge is 0.347 e. The number of hydrogen-bond acceptors (Lipinski definition) is 7. The summed E-state index contributed by atoms with van der Waals surface area (Å²) in [5, 5.41) is 9.92. The molecule has 0 saturated heterocycles. The summed E-state index contributed by atoms with van der Waals surface area (Å²) < 4.78 is 36.8. The molecule has 4 aromatic rings. The van der Waals surface area contributed by atoms with Gasteiger partial charge in [-0.05, 0) is 48.9 Å². The Balaban J connectivity index is 1.42. The monoisotopic (exact) mass is 536 g/mol. The highest BCUT2D eigenvalue weighted by atomic mass is 19.1. The highest BCUT2D eigenvalue weighted by Gasteiger charge is 2.31. The Kier molecular flexibility index (Phi) is 7.65. The van der Waals surface area contributed by atoms with Crippen LogP contribution in [0.1, 0.15) is 39.9 Å². The Labute approximate surface area is 230 Å². The predicted octanol–water partition coefficient (Wildman–Crippen LogP) is 6.24. The molecule has 7 nitrogen and oxygen atoms in total. The van der Waals surface area contributed by atoms with E-state index in [-0.39, 0.29) is 29.6 Å². The first-order valence-electron chi connectivity index (χ1n) is 12.6. The van der Waals surface area contributed by atoms with Crippen molar-refractivity contribution < 1.29 is 28.1 Å². The van der Waals surface area contributed by atoms with Crippen LogP contribution in [-0.4, -0.2) is 12.6 Å². The molecule has 0 saturated carbocycles. The topological polar surface area (TPSA) is 104 Å². The number of fused-ring (bicyclic) bond motifs is 1. The maximum atomic E-state index is 14.0. The van der Waals surface area contributed by atoms with Crippen molar-refractivity contribution >= 4 is 5.97 Å². The molecule has 200 valence electrons. The van der Waals surface area contributed by atoms with Gasteiger partial charge in [-0.15, -0.1) is 0 Å². The molecule has 1 aliphatic rings. The van der Waals surface area contributed by atoms with Crippen molar-refractivity contribution in [2.75, 3.05) is 6.61 Å². The molecule has 1 aliphatic heterocycles. The van der Waals surface area contributed by atoms with Crippen LogP contribution in [0, 0.1) is 17.1 Å². The van der Waals surface area contributed by atoms with Crippen molar-refractivity contribution in [2.24, 2.45) is 5.73 Å². The van der Waals surface area contributed by atoms with Crippen LogP contribution in [0.25, 0.3) is 0 Å². The second-order valence-corrected chi connectivity index (χ2v) is 8.90. The van der Waals surface area contributed by atoms with Gasteiger partial charge in [0.05, 0.1) is 12.5 Å². The van der Waals surface area contributed by atoms with E-state index in [1.54, 1.807) is 78.9 Å². The number of carbonyl (C=O) groups excluding carboxylic acids is 1. The molecule has 2 N–H and O–H groups in total. The first-order chi connectivity index (χ1) is 19.5. The van der Waals surface area contributed by atoms with Gasteiger partial charge in [0.25, 0.3) is 0 Å². The largest absolute Gasteiger partial charge is 0.493 e. The first kappa shape index (κ1) is 26.3. The zero-order chi connectivity index (χ0) is 28.1. The molecule has 1 atom stereocenters. The van der Waals surface area contributed by atoms with Gasteiger partial charge in [0.15, 0.2) is 0 Å². The average molecular weight is 537 g/mol. The van der Waals surface area contributed by atoms with Gasteiger partial charge in [0.2, 0.25) is 5.88 Å². The summed E-state index contributed by atoms with van der Waals surface area (Å²) >= 11 is 0. The Morgan fingerprint density at radius 3 is 2.58 bits per heavy atom. The van der Waals surface area contributed by atoms with E-state index in [1.807, 2.05) is 13.0 Å². The van der Waals surface area contributed by atoms with E-state index in [0.29, 0.717) is 40.5 Å². The standard InChI is InChI=1S/C32H25FN2O5/c1-2-37-28-13-6-4-11-25(28)32(36)39-23-14-15-24-29(17-23)40-31(35)26(18-34)30(24)20-9-7-10-22(16-20)38-19-21-8-3-5-12-27(21)33/h3-17,30H,2,19,35H2,1H3. The van der Waals surface area contributed by atoms with Crippen molar-refractivity contribution in [3.63, 3.8) is 0 Å². The maximum absolute atomic E-state index is 14.0. The van der Waals surface area contributed by atoms with Gasteiger partial charge in [-0.25, -0.2) is 9.18 Å². The van der Waals surface area contributed by atoms with Crippen LogP contribution < -0.4 is 24.7 Å². The van der Waals surface area contributed by atoms with Crippen LogP contribution in [0.4, 0.5) is 4.39 Å². The molecule has 0 aliphatic carbocycles. The lowest BCUT2D eigenvalue weighted by Crippen LogP contribution is -2.21. The molecule has 1 unspecified atom stereocenters. The molecule has 0 spiro atoms. The SMILES string of the molecule is CCOc1ccccc1C(=O)Oc1ccc2c(c1)OC(N)=C(C#N)C2c1cccc(OCc2ccccc2F)c1. The molecule has 0 aromatic heterocycles. The van der Waals surface area contributed by atoms with Gasteiger partial charge in [-0.3, -0.25) is 0 Å². The third-order valence-corrected chi connectivity index (χ3v) is 6.35. The van der Waals surface area contributed by atoms with Gasteiger partial charge < -0.3 is 24.7 Å². The highest BCUT2D eigenvalue weighted by Crippen LogP contribution is 2.44. The molecule has 0 bridgehead atoms. The molecular weight excluding hydrogens is 511 g/mol. The fraction of sp³-hybridized carbons (Fsp3) is 0.125. The number of nitriles is 1. The Hall–Kier alpha value is -5.29. The van der Waals surface area contributed by atoms with E-state index in [9.17, 15) is 14.4 Å². The minimum absolute atomic E-state index is 0.0464. The highest BCUT2D eigenvalue weighted by molar-refractivity contribution is 5.94. The number of halogens is 1. The normalized spacial score (nSPS) is 14.0. The van der Waals surface area contributed by atoms with Crippen molar-refractivity contribution in [2.45, 2.75) is 19.4 Å². The van der Waals surface area contributed by atoms with E-state index in [1.165, 1.54) is 6.07 Å². The molecule has 8 heteroatoms. The third kappa shape index (κ3) is 5.45. The lowest BCUT2D eigenvalue weighted by Gasteiger charge is -2.27. The van der Waals surface area contributed by atoms with Crippen molar-refractivity contribution in [3.8, 4) is 29.1 Å². The van der Waals surface area contributed by atoms with Crippen LogP contribution in [0.2, 0.25) is 0 Å². The summed E-state index contributed by atoms with van der Waals surface area (Å²) in [6.45, 7) is 2.28. The molecule has 40 heavy (non-hydrogen) atoms. The summed E-state index contributed by atoms with van der Waals surface area (Å²) in [5.41, 5.74) is 8.49. The van der Waals surface area contributed by atoms with Crippen LogP contribution >= 0.6 is 0 Å². The van der Waals surface area contributed by atoms with E-state index in [4.69, 9.17) is 24.7 Å². The lowest BCUT2D eigenvalue weighted by molar-refractivity contribution is 0.0730. The molecule has 4 aromatic carbocycles. The summed E-state index contributed by atoms with van der Waals surface area (Å²) in [5.74, 6) is -0.0337. The molecule has 0 radical (unpaired) electrons. The van der Waals surface area contributed by atoms with Crippen LogP contribution in [0.5, 0.6) is 23.0 Å². The van der Waals surface area contributed by atoms with Crippen molar-refractivity contribution in [3.05, 3.63) is 131 Å². The van der Waals surface area contributed by atoms with E-state index in [2.05, 4.69) is 6.07 Å². The summed E-state index contributed by atoms with van der Waals surface area (Å²) in [6.07, 6.45) is 0. The van der Waals surface area contributed by atoms with E-state index in [0.717, 1.165) is 5.56 Å². The molecule has 0 amide bonds. The lowest BCUT2D eigenvalue weighted by atomic mass is 9.83. The fourth-order valence-electron chi connectivity index (χ4n) is 4.48. The summed E-state index contributed by atoms with van der Waals surface area (Å²) in [6, 6.07) is 27.5. The zero-order valence-corrected chi connectivity index (χ0v) is 21.6. The zero-order valence-electron chi connectivity index (χ0n) is 21.6. The molecular formula is C32H25FN2O5. The fourth-order valence-corrected chi connectivity index (χ4v) is 4.48. The number of nitrogens with two attached hydrogens (primary N) is 1. The van der Waals surface area contributed by atoms with E-state index >= 15 is 0 Å². The quantitative estimate of drug-likeness (QED) is 0.210. The van der Waals surface area contributed by atoms with Crippen LogP contribution in [-0.2, 0) is 6.61 Å². The Morgan fingerprint density at radius 1 is 0.975 bits per heavy atom. The van der Waals surface area contributed by atoms with Crippen LogP contribution in [0.3, 0.4) is 0 Å². The number of benzene rings is 4. The summed E-state index contributed by atoms with van der Waals surface area (Å²) in [4.78, 5) is 12.9. The number of allylic oxidation sites excluding steroid dienone is 1. The minimum atomic E-state index is -0.586. The number of rotatable bonds is 8. The minimum Gasteiger partial charge on any atom is -0.493 e. The molecule has 1 heterocycles. The predicted molar refractivity (Wildman–Crippen MR) is 145 cm³/mol. The summed E-state index contributed by atoms with van der Waals surface area (Å²) in [7, 11) is 0. The number of para-hydroxylation sites is 1. The Bertz CT molecular complexity index is 1640. The molecule has 0 fully saturated rings.